The molecule has 0 saturated carbocycles. The molecule has 0 heterocycles. The Kier molecular flexibility index (Phi) is 5.08. The normalized spacial score (nSPS) is 11.6. The van der Waals surface area contributed by atoms with Crippen molar-refractivity contribution in [2.24, 2.45) is 0 Å². The quantitative estimate of drug-likeness (QED) is 0.823. The van der Waals surface area contributed by atoms with Crippen molar-refractivity contribution in [1.82, 2.24) is 0 Å². The van der Waals surface area contributed by atoms with Crippen LogP contribution in [0.25, 0.3) is 0 Å². The highest BCUT2D eigenvalue weighted by Gasteiger charge is 2.27. The van der Waals surface area contributed by atoms with Crippen LogP contribution in [0, 0.1) is 6.92 Å². The molecule has 6 heteroatoms. The van der Waals surface area contributed by atoms with Gasteiger partial charge < -0.3 is 10.1 Å². The van der Waals surface area contributed by atoms with Crippen LogP contribution in [0.4, 0.5) is 18.9 Å². The summed E-state index contributed by atoms with van der Waals surface area (Å²) in [5, 5.41) is 3.45. The first-order valence-electron chi connectivity index (χ1n) is 5.03. The first kappa shape index (κ1) is 14.1. The number of rotatable bonds is 5. The van der Waals surface area contributed by atoms with Crippen molar-refractivity contribution in [3.8, 4) is 0 Å². The Bertz CT molecular complexity index is 368. The molecule has 0 spiro atoms. The van der Waals surface area contributed by atoms with Crippen LogP contribution in [0.2, 0.25) is 5.02 Å². The SMILES string of the molecule is Cc1ccc(Cl)c(NCCOCC(F)(F)F)c1. The third kappa shape index (κ3) is 5.79. The molecule has 1 aromatic rings. The number of hydrogen-bond acceptors (Lipinski definition) is 2. The first-order valence-corrected chi connectivity index (χ1v) is 5.41. The molecular weight excluding hydrogens is 255 g/mol. The molecule has 2 nitrogen and oxygen atoms in total. The van der Waals surface area contributed by atoms with Crippen LogP contribution in [0.5, 0.6) is 0 Å². The first-order chi connectivity index (χ1) is 7.88. The van der Waals surface area contributed by atoms with Crippen molar-refractivity contribution in [1.29, 1.82) is 0 Å². The van der Waals surface area contributed by atoms with E-state index in [1.54, 1.807) is 6.07 Å². The van der Waals surface area contributed by atoms with Crippen molar-refractivity contribution in [3.63, 3.8) is 0 Å². The van der Waals surface area contributed by atoms with Gasteiger partial charge in [-0.1, -0.05) is 17.7 Å². The van der Waals surface area contributed by atoms with E-state index in [0.717, 1.165) is 5.56 Å². The van der Waals surface area contributed by atoms with E-state index in [0.29, 0.717) is 10.7 Å². The summed E-state index contributed by atoms with van der Waals surface area (Å²) in [6.45, 7) is 0.931. The van der Waals surface area contributed by atoms with Gasteiger partial charge in [-0.3, -0.25) is 0 Å². The Morgan fingerprint density at radius 1 is 1.35 bits per heavy atom. The standard InChI is InChI=1S/C11H13ClF3NO/c1-8-2-3-9(12)10(6-8)16-4-5-17-7-11(13,14)15/h2-3,6,16H,4-5,7H2,1H3. The Labute approximate surface area is 103 Å². The van der Waals surface area contributed by atoms with Crippen molar-refractivity contribution in [2.75, 3.05) is 25.1 Å². The number of hydrogen-bond donors (Lipinski definition) is 1. The van der Waals surface area contributed by atoms with Crippen LogP contribution in [0.1, 0.15) is 5.56 Å². The summed E-state index contributed by atoms with van der Waals surface area (Å²) >= 11 is 5.90. The number of halogens is 4. The molecule has 0 unspecified atom stereocenters. The number of alkyl halides is 3. The summed E-state index contributed by atoms with van der Waals surface area (Å²) in [6.07, 6.45) is -4.28. The average Bonchev–Trinajstić information content (AvgIpc) is 2.21. The smallest absolute Gasteiger partial charge is 0.382 e. The van der Waals surface area contributed by atoms with Crippen molar-refractivity contribution >= 4 is 17.3 Å². The van der Waals surface area contributed by atoms with Gasteiger partial charge in [0.1, 0.15) is 6.61 Å². The molecule has 0 aromatic heterocycles. The number of benzene rings is 1. The van der Waals surface area contributed by atoms with E-state index in [1.165, 1.54) is 0 Å². The van der Waals surface area contributed by atoms with Crippen LogP contribution in [-0.4, -0.2) is 25.9 Å². The average molecular weight is 268 g/mol. The molecule has 0 aliphatic heterocycles. The minimum atomic E-state index is -4.28. The lowest BCUT2D eigenvalue weighted by atomic mass is 10.2. The molecule has 1 N–H and O–H groups in total. The summed E-state index contributed by atoms with van der Waals surface area (Å²) in [6, 6.07) is 5.41. The van der Waals surface area contributed by atoms with Gasteiger partial charge in [0.15, 0.2) is 0 Å². The van der Waals surface area contributed by atoms with Gasteiger partial charge >= 0.3 is 6.18 Å². The molecular formula is C11H13ClF3NO. The van der Waals surface area contributed by atoms with E-state index in [-0.39, 0.29) is 13.2 Å². The third-order valence-corrected chi connectivity index (χ3v) is 2.28. The predicted molar refractivity (Wildman–Crippen MR) is 61.6 cm³/mol. The van der Waals surface area contributed by atoms with Crippen LogP contribution >= 0.6 is 11.6 Å². The van der Waals surface area contributed by atoms with E-state index in [9.17, 15) is 13.2 Å². The zero-order valence-electron chi connectivity index (χ0n) is 9.27. The summed E-state index contributed by atoms with van der Waals surface area (Å²) < 4.78 is 39.7. The molecule has 1 rings (SSSR count). The maximum atomic E-state index is 11.8. The fourth-order valence-corrected chi connectivity index (χ4v) is 1.40. The summed E-state index contributed by atoms with van der Waals surface area (Å²) in [4.78, 5) is 0. The third-order valence-electron chi connectivity index (χ3n) is 1.95. The fourth-order valence-electron chi connectivity index (χ4n) is 1.22. The molecule has 1 aromatic carbocycles. The Morgan fingerprint density at radius 3 is 2.71 bits per heavy atom. The molecule has 0 radical (unpaired) electrons. The lowest BCUT2D eigenvalue weighted by Gasteiger charge is -2.10. The second-order valence-corrected chi connectivity index (χ2v) is 3.99. The fraction of sp³-hybridized carbons (Fsp3) is 0.455. The predicted octanol–water partition coefficient (Wildman–Crippen LogP) is 3.64. The summed E-state index contributed by atoms with van der Waals surface area (Å²) in [5.74, 6) is 0. The van der Waals surface area contributed by atoms with Crippen molar-refractivity contribution < 1.29 is 17.9 Å². The number of aryl methyl sites for hydroxylation is 1. The van der Waals surface area contributed by atoms with E-state index >= 15 is 0 Å². The highest BCUT2D eigenvalue weighted by Crippen LogP contribution is 2.22. The van der Waals surface area contributed by atoms with Gasteiger partial charge in [0.05, 0.1) is 17.3 Å². The zero-order valence-corrected chi connectivity index (χ0v) is 10.0. The monoisotopic (exact) mass is 267 g/mol. The van der Waals surface area contributed by atoms with Crippen molar-refractivity contribution in [3.05, 3.63) is 28.8 Å². The van der Waals surface area contributed by atoms with Gasteiger partial charge in [-0.15, -0.1) is 0 Å². The van der Waals surface area contributed by atoms with Gasteiger partial charge in [-0.05, 0) is 24.6 Å². The lowest BCUT2D eigenvalue weighted by Crippen LogP contribution is -2.20. The van der Waals surface area contributed by atoms with Crippen LogP contribution < -0.4 is 5.32 Å². The second kappa shape index (κ2) is 6.12. The highest BCUT2D eigenvalue weighted by atomic mass is 35.5. The molecule has 0 saturated heterocycles. The summed E-state index contributed by atoms with van der Waals surface area (Å²) in [7, 11) is 0. The molecule has 0 bridgehead atoms. The van der Waals surface area contributed by atoms with E-state index in [2.05, 4.69) is 10.1 Å². The van der Waals surface area contributed by atoms with Gasteiger partial charge in [0.2, 0.25) is 0 Å². The van der Waals surface area contributed by atoms with E-state index < -0.39 is 12.8 Å². The zero-order chi connectivity index (χ0) is 12.9. The topological polar surface area (TPSA) is 21.3 Å². The molecule has 0 aliphatic rings. The number of nitrogens with one attached hydrogen (secondary N) is 1. The maximum Gasteiger partial charge on any atom is 0.411 e. The largest absolute Gasteiger partial charge is 0.411 e. The van der Waals surface area contributed by atoms with Gasteiger partial charge in [-0.2, -0.15) is 13.2 Å². The summed E-state index contributed by atoms with van der Waals surface area (Å²) in [5.41, 5.74) is 1.72. The van der Waals surface area contributed by atoms with Crippen molar-refractivity contribution in [2.45, 2.75) is 13.1 Å². The molecule has 0 aliphatic carbocycles. The highest BCUT2D eigenvalue weighted by molar-refractivity contribution is 6.33. The Balaban J connectivity index is 2.29. The molecule has 96 valence electrons. The second-order valence-electron chi connectivity index (χ2n) is 3.58. The number of ether oxygens (including phenoxy) is 1. The molecule has 17 heavy (non-hydrogen) atoms. The Hall–Kier alpha value is -0.940. The minimum absolute atomic E-state index is 0.0240. The molecule has 0 atom stereocenters. The van der Waals surface area contributed by atoms with Gasteiger partial charge in [0, 0.05) is 6.54 Å². The Morgan fingerprint density at radius 2 is 2.06 bits per heavy atom. The van der Waals surface area contributed by atoms with E-state index in [1.807, 2.05) is 19.1 Å². The lowest BCUT2D eigenvalue weighted by molar-refractivity contribution is -0.172. The minimum Gasteiger partial charge on any atom is -0.382 e. The van der Waals surface area contributed by atoms with Gasteiger partial charge in [0.25, 0.3) is 0 Å². The van der Waals surface area contributed by atoms with Crippen LogP contribution in [-0.2, 0) is 4.74 Å². The van der Waals surface area contributed by atoms with Crippen LogP contribution in [0.15, 0.2) is 18.2 Å². The van der Waals surface area contributed by atoms with E-state index in [4.69, 9.17) is 11.6 Å². The molecule has 0 fully saturated rings. The van der Waals surface area contributed by atoms with Crippen LogP contribution in [0.3, 0.4) is 0 Å². The number of anilines is 1. The molecule has 0 amide bonds. The maximum absolute atomic E-state index is 11.8. The van der Waals surface area contributed by atoms with Gasteiger partial charge in [-0.25, -0.2) is 0 Å².